The first-order valence-corrected chi connectivity index (χ1v) is 22.0. The number of carbonyl (C=O) groups is 2. The van der Waals surface area contributed by atoms with Crippen LogP contribution in [-0.4, -0.2) is 41.9 Å². The lowest BCUT2D eigenvalue weighted by molar-refractivity contribution is -0.160. The van der Waals surface area contributed by atoms with Crippen LogP contribution >= 0.6 is 0 Å². The number of aromatic nitrogens is 3. The minimum Gasteiger partial charge on any atom is -0.390 e. The van der Waals surface area contributed by atoms with Crippen molar-refractivity contribution in [3.05, 3.63) is 185 Å². The van der Waals surface area contributed by atoms with Gasteiger partial charge < -0.3 is 13.9 Å². The van der Waals surface area contributed by atoms with E-state index < -0.39 is 73.1 Å². The van der Waals surface area contributed by atoms with Gasteiger partial charge in [-0.15, -0.1) is 0 Å². The molecule has 3 heterocycles. The third-order valence-electron chi connectivity index (χ3n) is 10.9. The van der Waals surface area contributed by atoms with Gasteiger partial charge in [0.05, 0.1) is 9.79 Å². The molecule has 8 rings (SSSR count). The second-order valence-electron chi connectivity index (χ2n) is 14.6. The molecular formula is C46H35F4N3O7S2. The van der Waals surface area contributed by atoms with Crippen molar-refractivity contribution >= 4 is 53.6 Å². The van der Waals surface area contributed by atoms with Crippen LogP contribution in [0.3, 0.4) is 0 Å². The van der Waals surface area contributed by atoms with Crippen LogP contribution < -0.4 is 0 Å². The maximum Gasteiger partial charge on any atom is 0.333 e. The molecule has 10 nitrogen and oxygen atoms in total. The second kappa shape index (κ2) is 16.2. The quantitative estimate of drug-likeness (QED) is 0.0684. The van der Waals surface area contributed by atoms with Gasteiger partial charge in [-0.25, -0.2) is 48.0 Å². The average Bonchev–Trinajstić information content (AvgIpc) is 3.88. The number of hydrogen-bond acceptors (Lipinski definition) is 7. The molecule has 0 saturated carbocycles. The molecule has 0 saturated heterocycles. The minimum absolute atomic E-state index is 0.0672. The summed E-state index contributed by atoms with van der Waals surface area (Å²) >= 11 is 0. The number of nitrogens with zero attached hydrogens (tertiary/aromatic N) is 3. The Morgan fingerprint density at radius 3 is 1.71 bits per heavy atom. The third-order valence-corrected chi connectivity index (χ3v) is 14.5. The molecule has 5 aromatic carbocycles. The Labute approximate surface area is 353 Å². The first kappa shape index (κ1) is 41.9. The van der Waals surface area contributed by atoms with E-state index in [2.05, 4.69) is 0 Å². The molecule has 0 aliphatic heterocycles. The molecule has 0 N–H and O–H groups in total. The number of benzene rings is 5. The molecule has 0 aliphatic rings. The molecule has 0 radical (unpaired) electrons. The molecule has 316 valence electrons. The van der Waals surface area contributed by atoms with Crippen LogP contribution in [0.4, 0.5) is 17.6 Å². The molecule has 0 amide bonds. The number of fused-ring (bicyclic) bond motifs is 2. The molecule has 0 bridgehead atoms. The minimum atomic E-state index is -4.53. The lowest BCUT2D eigenvalue weighted by atomic mass is 10.0. The zero-order valence-electron chi connectivity index (χ0n) is 33.0. The predicted octanol–water partition coefficient (Wildman–Crippen LogP) is 8.59. The Hall–Kier alpha value is -6.78. The number of halogens is 4. The first-order valence-electron chi connectivity index (χ1n) is 19.1. The Kier molecular flexibility index (Phi) is 11.0. The fourth-order valence-corrected chi connectivity index (χ4v) is 10.9. The predicted molar refractivity (Wildman–Crippen MR) is 222 cm³/mol. The van der Waals surface area contributed by atoms with Gasteiger partial charge in [-0.1, -0.05) is 36.4 Å². The molecule has 0 spiro atoms. The summed E-state index contributed by atoms with van der Waals surface area (Å²) in [6.45, 7) is 2.35. The lowest BCUT2D eigenvalue weighted by Crippen LogP contribution is -2.22. The van der Waals surface area contributed by atoms with Gasteiger partial charge in [-0.05, 0) is 109 Å². The van der Waals surface area contributed by atoms with E-state index in [1.54, 1.807) is 54.8 Å². The zero-order chi connectivity index (χ0) is 44.1. The van der Waals surface area contributed by atoms with Crippen molar-refractivity contribution in [2.75, 3.05) is 0 Å². The largest absolute Gasteiger partial charge is 0.390 e. The van der Waals surface area contributed by atoms with Gasteiger partial charge in [-0.2, -0.15) is 0 Å². The van der Waals surface area contributed by atoms with E-state index in [-0.39, 0.29) is 28.3 Å². The van der Waals surface area contributed by atoms with Crippen molar-refractivity contribution in [3.8, 4) is 0 Å². The molecule has 3 aromatic heterocycles. The van der Waals surface area contributed by atoms with Gasteiger partial charge in [0, 0.05) is 64.0 Å². The van der Waals surface area contributed by atoms with Crippen LogP contribution in [0.1, 0.15) is 33.8 Å². The van der Waals surface area contributed by atoms with Gasteiger partial charge in [0.1, 0.15) is 41.3 Å². The van der Waals surface area contributed by atoms with Gasteiger partial charge in [0.25, 0.3) is 10.0 Å². The van der Waals surface area contributed by atoms with Crippen molar-refractivity contribution in [1.29, 1.82) is 0 Å². The van der Waals surface area contributed by atoms with E-state index >= 15 is 0 Å². The van der Waals surface area contributed by atoms with Gasteiger partial charge in [0.15, 0.2) is 0 Å². The summed E-state index contributed by atoms with van der Waals surface area (Å²) in [4.78, 5) is 26.4. The number of carbonyl (C=O) groups excluding carboxylic acids is 2. The second-order valence-corrected chi connectivity index (χ2v) is 18.3. The van der Waals surface area contributed by atoms with E-state index in [1.165, 1.54) is 77.5 Å². The normalized spacial score (nSPS) is 12.0. The number of sulfone groups is 1. The number of esters is 2. The molecule has 8 aromatic rings. The van der Waals surface area contributed by atoms with Crippen LogP contribution in [0, 0.1) is 37.1 Å². The average molecular weight is 882 g/mol. The van der Waals surface area contributed by atoms with Gasteiger partial charge >= 0.3 is 11.9 Å². The molecule has 0 fully saturated rings. The Morgan fingerprint density at radius 1 is 0.581 bits per heavy atom. The highest BCUT2D eigenvalue weighted by molar-refractivity contribution is 7.91. The van der Waals surface area contributed by atoms with Crippen LogP contribution in [0.5, 0.6) is 0 Å². The molecular weight excluding hydrogens is 847 g/mol. The molecule has 0 aliphatic carbocycles. The summed E-state index contributed by atoms with van der Waals surface area (Å²) in [6, 6.07) is 27.3. The van der Waals surface area contributed by atoms with E-state index in [0.717, 1.165) is 16.1 Å². The summed E-state index contributed by atoms with van der Waals surface area (Å²) < 4.78 is 121. The van der Waals surface area contributed by atoms with Crippen LogP contribution in [-0.2, 0) is 60.1 Å². The standard InChI is InChI=1S/C46H35F4N3O7S2/c1-28-36(21-30-9-6-7-13-43(30)61(56,57)35-11-4-3-5-12-35)38-22-31(47)14-17-41(38)51(28)26-45(54)60-46(55)27-52-29(2)37(39-23-32(48)15-18-42(39)52)25-34-10-8-20-53(34)62(58,59)44-19-16-33(49)24-40(44)50/h3-20,22-24H,21,25-27H2,1-2H3. The Morgan fingerprint density at radius 2 is 1.11 bits per heavy atom. The van der Waals surface area contributed by atoms with Crippen molar-refractivity contribution in [2.45, 2.75) is 54.5 Å². The first-order chi connectivity index (χ1) is 29.5. The molecule has 16 heteroatoms. The SMILES string of the molecule is Cc1c(Cc2ccccc2S(=O)(=O)c2ccccc2)c2cc(F)ccc2n1CC(=O)OC(=O)Cn1c(C)c(Cc2cccn2S(=O)(=O)c2ccc(F)cc2F)c2cc(F)ccc21. The van der Waals surface area contributed by atoms with Gasteiger partial charge in [-0.3, -0.25) is 0 Å². The van der Waals surface area contributed by atoms with Crippen LogP contribution in [0.25, 0.3) is 21.8 Å². The van der Waals surface area contributed by atoms with Crippen molar-refractivity contribution < 1.29 is 48.7 Å². The highest BCUT2D eigenvalue weighted by atomic mass is 32.2. The molecule has 0 unspecified atom stereocenters. The third kappa shape index (κ3) is 7.71. The number of rotatable bonds is 12. The monoisotopic (exact) mass is 881 g/mol. The maximum atomic E-state index is 14.8. The highest BCUT2D eigenvalue weighted by Crippen LogP contribution is 2.34. The lowest BCUT2D eigenvalue weighted by Gasteiger charge is -2.13. The summed E-state index contributed by atoms with van der Waals surface area (Å²) in [5.74, 6) is -5.31. The number of ether oxygens (including phenoxy) is 1. The van der Waals surface area contributed by atoms with E-state index in [1.807, 2.05) is 0 Å². The van der Waals surface area contributed by atoms with Gasteiger partial charge in [0.2, 0.25) is 9.84 Å². The Bertz CT molecular complexity index is 3320. The smallest absolute Gasteiger partial charge is 0.333 e. The van der Waals surface area contributed by atoms with Crippen molar-refractivity contribution in [2.24, 2.45) is 0 Å². The summed E-state index contributed by atoms with van der Waals surface area (Å²) in [5.41, 5.74) is 3.35. The molecule has 62 heavy (non-hydrogen) atoms. The van der Waals surface area contributed by atoms with E-state index in [0.29, 0.717) is 56.0 Å². The van der Waals surface area contributed by atoms with Crippen molar-refractivity contribution in [3.63, 3.8) is 0 Å². The summed E-state index contributed by atoms with van der Waals surface area (Å²) in [6.07, 6.45) is 1.15. The topological polar surface area (TPSA) is 126 Å². The number of hydrogen-bond donors (Lipinski definition) is 0. The summed E-state index contributed by atoms with van der Waals surface area (Å²) in [7, 11) is -8.46. The van der Waals surface area contributed by atoms with Crippen LogP contribution in [0.15, 0.2) is 142 Å². The fraction of sp³-hybridized carbons (Fsp3) is 0.130. The molecule has 0 atom stereocenters. The summed E-state index contributed by atoms with van der Waals surface area (Å²) in [5, 5.41) is 0.775. The van der Waals surface area contributed by atoms with E-state index in [4.69, 9.17) is 4.74 Å². The maximum absolute atomic E-state index is 14.8. The highest BCUT2D eigenvalue weighted by Gasteiger charge is 2.27. The fourth-order valence-electron chi connectivity index (χ4n) is 7.92. The van der Waals surface area contributed by atoms with E-state index in [9.17, 15) is 44.0 Å². The Balaban J connectivity index is 1.06. The van der Waals surface area contributed by atoms with Crippen molar-refractivity contribution in [1.82, 2.24) is 13.1 Å². The van der Waals surface area contributed by atoms with Crippen LogP contribution in [0.2, 0.25) is 0 Å². The zero-order valence-corrected chi connectivity index (χ0v) is 34.6.